The molecule has 0 radical (unpaired) electrons. The van der Waals surface area contributed by atoms with Crippen LogP contribution in [0.5, 0.6) is 0 Å². The first-order valence-corrected chi connectivity index (χ1v) is 6.87. The molecule has 2 N–H and O–H groups in total. The maximum absolute atomic E-state index is 12.1. The number of rotatable bonds is 5. The number of carbonyl (C=O) groups is 1. The quantitative estimate of drug-likeness (QED) is 0.789. The lowest BCUT2D eigenvalue weighted by atomic mass is 10.2. The zero-order valence-electron chi connectivity index (χ0n) is 10.8. The molecule has 18 heavy (non-hydrogen) atoms. The molecule has 1 aromatic heterocycles. The number of nitrogens with zero attached hydrogens (tertiary/aromatic N) is 2. The fourth-order valence-corrected chi connectivity index (χ4v) is 3.10. The molecule has 0 aromatic carbocycles. The Morgan fingerprint density at radius 3 is 2.44 bits per heavy atom. The fourth-order valence-electron chi connectivity index (χ4n) is 1.54. The monoisotopic (exact) mass is 275 g/mol. The van der Waals surface area contributed by atoms with Crippen LogP contribution in [0.15, 0.2) is 4.90 Å². The van der Waals surface area contributed by atoms with Gasteiger partial charge in [-0.3, -0.25) is 9.48 Å². The maximum Gasteiger partial charge on any atom is 0.307 e. The van der Waals surface area contributed by atoms with Crippen LogP contribution in [0.3, 0.4) is 0 Å². The van der Waals surface area contributed by atoms with Crippen molar-refractivity contribution >= 4 is 16.0 Å². The number of carboxylic acids is 1. The van der Waals surface area contributed by atoms with Gasteiger partial charge in [0.05, 0.1) is 17.3 Å². The van der Waals surface area contributed by atoms with Crippen molar-refractivity contribution in [3.8, 4) is 0 Å². The summed E-state index contributed by atoms with van der Waals surface area (Å²) in [6.07, 6.45) is 0. The van der Waals surface area contributed by atoms with E-state index in [9.17, 15) is 13.2 Å². The molecule has 1 unspecified atom stereocenters. The van der Waals surface area contributed by atoms with E-state index in [0.717, 1.165) is 0 Å². The van der Waals surface area contributed by atoms with Crippen molar-refractivity contribution in [2.75, 3.05) is 6.54 Å². The third kappa shape index (κ3) is 2.88. The summed E-state index contributed by atoms with van der Waals surface area (Å²) in [6.45, 7) is 4.54. The van der Waals surface area contributed by atoms with Crippen LogP contribution >= 0.6 is 0 Å². The average molecular weight is 275 g/mol. The van der Waals surface area contributed by atoms with E-state index >= 15 is 0 Å². The first-order chi connectivity index (χ1) is 8.16. The van der Waals surface area contributed by atoms with Crippen molar-refractivity contribution in [2.24, 2.45) is 13.0 Å². The normalized spacial score (nSPS) is 13.6. The van der Waals surface area contributed by atoms with Crippen molar-refractivity contribution in [3.05, 3.63) is 11.4 Å². The van der Waals surface area contributed by atoms with E-state index in [1.807, 2.05) is 0 Å². The molecule has 0 amide bonds. The number of aryl methyl sites for hydroxylation is 2. The minimum Gasteiger partial charge on any atom is -0.481 e. The van der Waals surface area contributed by atoms with Crippen molar-refractivity contribution in [2.45, 2.75) is 25.7 Å². The molecule has 0 aliphatic rings. The topological polar surface area (TPSA) is 101 Å². The molecule has 1 rings (SSSR count). The number of hydrogen-bond donors (Lipinski definition) is 2. The van der Waals surface area contributed by atoms with Gasteiger partial charge >= 0.3 is 5.97 Å². The highest BCUT2D eigenvalue weighted by Gasteiger charge is 2.24. The summed E-state index contributed by atoms with van der Waals surface area (Å²) in [5.41, 5.74) is 0.911. The van der Waals surface area contributed by atoms with Crippen molar-refractivity contribution < 1.29 is 18.3 Å². The van der Waals surface area contributed by atoms with Crippen LogP contribution < -0.4 is 4.72 Å². The minimum atomic E-state index is -3.73. The van der Waals surface area contributed by atoms with Gasteiger partial charge in [-0.15, -0.1) is 0 Å². The number of hydrogen-bond acceptors (Lipinski definition) is 4. The van der Waals surface area contributed by atoms with Gasteiger partial charge in [0.25, 0.3) is 0 Å². The van der Waals surface area contributed by atoms with E-state index in [0.29, 0.717) is 11.4 Å². The van der Waals surface area contributed by atoms with E-state index in [1.165, 1.54) is 11.6 Å². The summed E-state index contributed by atoms with van der Waals surface area (Å²) in [6, 6.07) is 0. The Morgan fingerprint density at radius 1 is 1.50 bits per heavy atom. The van der Waals surface area contributed by atoms with Gasteiger partial charge in [0, 0.05) is 13.6 Å². The zero-order chi connectivity index (χ0) is 14.1. The maximum atomic E-state index is 12.1. The number of carboxylic acid groups (broad SMARTS) is 1. The fraction of sp³-hybridized carbons (Fsp3) is 0.600. The zero-order valence-corrected chi connectivity index (χ0v) is 11.6. The Bertz CT molecular complexity index is 562. The van der Waals surface area contributed by atoms with Gasteiger partial charge in [-0.05, 0) is 13.8 Å². The molecule has 0 fully saturated rings. The molecule has 102 valence electrons. The third-order valence-electron chi connectivity index (χ3n) is 2.71. The summed E-state index contributed by atoms with van der Waals surface area (Å²) in [4.78, 5) is 10.8. The van der Waals surface area contributed by atoms with Gasteiger partial charge in [-0.25, -0.2) is 13.1 Å². The highest BCUT2D eigenvalue weighted by molar-refractivity contribution is 7.89. The molecule has 0 aliphatic carbocycles. The number of sulfonamides is 1. The molecule has 7 nitrogen and oxygen atoms in total. The Balaban J connectivity index is 2.97. The van der Waals surface area contributed by atoms with E-state index < -0.39 is 21.9 Å². The van der Waals surface area contributed by atoms with Crippen molar-refractivity contribution in [1.82, 2.24) is 14.5 Å². The summed E-state index contributed by atoms with van der Waals surface area (Å²) in [7, 11) is -2.07. The molecule has 1 heterocycles. The largest absolute Gasteiger partial charge is 0.481 e. The summed E-state index contributed by atoms with van der Waals surface area (Å²) < 4.78 is 27.9. The van der Waals surface area contributed by atoms with Crippen LogP contribution in [0.25, 0.3) is 0 Å². The van der Waals surface area contributed by atoms with Gasteiger partial charge in [-0.1, -0.05) is 6.92 Å². The smallest absolute Gasteiger partial charge is 0.307 e. The van der Waals surface area contributed by atoms with E-state index in [-0.39, 0.29) is 11.4 Å². The van der Waals surface area contributed by atoms with E-state index in [2.05, 4.69) is 9.82 Å². The lowest BCUT2D eigenvalue weighted by Crippen LogP contribution is -2.32. The highest BCUT2D eigenvalue weighted by atomic mass is 32.2. The first kappa shape index (κ1) is 14.7. The minimum absolute atomic E-state index is 0.114. The molecule has 1 aromatic rings. The molecule has 8 heteroatoms. The average Bonchev–Trinajstić information content (AvgIpc) is 2.50. The second-order valence-electron chi connectivity index (χ2n) is 4.21. The molecule has 0 aliphatic heterocycles. The van der Waals surface area contributed by atoms with Gasteiger partial charge in [0.15, 0.2) is 0 Å². The highest BCUT2D eigenvalue weighted by Crippen LogP contribution is 2.18. The molecular formula is C10H17N3O4S. The van der Waals surface area contributed by atoms with Crippen LogP contribution in [0.1, 0.15) is 18.3 Å². The summed E-state index contributed by atoms with van der Waals surface area (Å²) >= 11 is 0. The molecule has 0 bridgehead atoms. The van der Waals surface area contributed by atoms with Crippen LogP contribution in [-0.4, -0.2) is 35.8 Å². The lowest BCUT2D eigenvalue weighted by Gasteiger charge is -2.09. The third-order valence-corrected chi connectivity index (χ3v) is 4.39. The Labute approximate surface area is 106 Å². The van der Waals surface area contributed by atoms with Gasteiger partial charge < -0.3 is 5.11 Å². The van der Waals surface area contributed by atoms with Crippen LogP contribution in [0, 0.1) is 19.8 Å². The number of nitrogens with one attached hydrogen (secondary N) is 1. The van der Waals surface area contributed by atoms with Gasteiger partial charge in [0.1, 0.15) is 4.90 Å². The predicted molar refractivity (Wildman–Crippen MR) is 64.7 cm³/mol. The lowest BCUT2D eigenvalue weighted by molar-refractivity contribution is -0.140. The van der Waals surface area contributed by atoms with Crippen molar-refractivity contribution in [3.63, 3.8) is 0 Å². The second kappa shape index (κ2) is 5.07. The predicted octanol–water partition coefficient (Wildman–Crippen LogP) is 0.0359. The molecule has 0 saturated carbocycles. The number of aromatic nitrogens is 2. The molecular weight excluding hydrogens is 258 g/mol. The molecule has 0 saturated heterocycles. The first-order valence-electron chi connectivity index (χ1n) is 5.39. The molecule has 0 spiro atoms. The van der Waals surface area contributed by atoms with Gasteiger partial charge in [0.2, 0.25) is 10.0 Å². The SMILES string of the molecule is Cc1nn(C)c(C)c1S(=O)(=O)NCC(C)C(=O)O. The summed E-state index contributed by atoms with van der Waals surface area (Å²) in [5.74, 6) is -1.82. The molecule has 1 atom stereocenters. The Morgan fingerprint density at radius 2 is 2.06 bits per heavy atom. The Kier molecular flexibility index (Phi) is 4.12. The van der Waals surface area contributed by atoms with Crippen LogP contribution in [0.4, 0.5) is 0 Å². The van der Waals surface area contributed by atoms with Crippen LogP contribution in [-0.2, 0) is 21.9 Å². The second-order valence-corrected chi connectivity index (χ2v) is 5.92. The Hall–Kier alpha value is -1.41. The standard InChI is InChI=1S/C10H17N3O4S/c1-6(10(14)15)5-11-18(16,17)9-7(2)12-13(4)8(9)3/h6,11H,5H2,1-4H3,(H,14,15). The van der Waals surface area contributed by atoms with E-state index in [4.69, 9.17) is 5.11 Å². The van der Waals surface area contributed by atoms with Crippen molar-refractivity contribution in [1.29, 1.82) is 0 Å². The summed E-state index contributed by atoms with van der Waals surface area (Å²) in [5, 5.41) is 12.7. The number of aliphatic carboxylic acids is 1. The van der Waals surface area contributed by atoms with E-state index in [1.54, 1.807) is 20.9 Å². The van der Waals surface area contributed by atoms with Gasteiger partial charge in [-0.2, -0.15) is 5.10 Å². The van der Waals surface area contributed by atoms with Crippen LogP contribution in [0.2, 0.25) is 0 Å².